The van der Waals surface area contributed by atoms with E-state index in [9.17, 15) is 9.90 Å². The molecule has 2 aliphatic heterocycles. The highest BCUT2D eigenvalue weighted by molar-refractivity contribution is 6.13. The van der Waals surface area contributed by atoms with Gasteiger partial charge in [-0.15, -0.1) is 0 Å². The Bertz CT molecular complexity index is 388. The highest BCUT2D eigenvalue weighted by Crippen LogP contribution is 2.20. The second kappa shape index (κ2) is 2.65. The highest BCUT2D eigenvalue weighted by Gasteiger charge is 2.25. The first-order chi connectivity index (χ1) is 6.16. The van der Waals surface area contributed by atoms with Crippen molar-refractivity contribution in [1.82, 2.24) is 0 Å². The number of allylic oxidation sites excluding steroid dienone is 1. The van der Waals surface area contributed by atoms with Gasteiger partial charge in [-0.2, -0.15) is 4.99 Å². The lowest BCUT2D eigenvalue weighted by molar-refractivity contribution is -0.113. The number of hydrogen-bond donors (Lipinski definition) is 1. The number of rotatable bonds is 0. The van der Waals surface area contributed by atoms with Crippen molar-refractivity contribution in [2.75, 3.05) is 0 Å². The smallest absolute Gasteiger partial charge is 0.274 e. The monoisotopic (exact) mass is 176 g/mol. The van der Waals surface area contributed by atoms with Crippen LogP contribution >= 0.6 is 0 Å². The maximum absolute atomic E-state index is 10.9. The number of fused-ring (bicyclic) bond motifs is 1. The average molecular weight is 176 g/mol. The van der Waals surface area contributed by atoms with Crippen molar-refractivity contribution in [3.05, 3.63) is 24.0 Å². The summed E-state index contributed by atoms with van der Waals surface area (Å²) in [7, 11) is 0. The van der Waals surface area contributed by atoms with Crippen LogP contribution in [0.3, 0.4) is 0 Å². The molecule has 0 bridgehead atoms. The van der Waals surface area contributed by atoms with Crippen LogP contribution in [0.5, 0.6) is 0 Å². The highest BCUT2D eigenvalue weighted by atomic mass is 16.3. The summed E-state index contributed by atoms with van der Waals surface area (Å²) < 4.78 is 0. The van der Waals surface area contributed by atoms with Gasteiger partial charge < -0.3 is 5.11 Å². The molecule has 0 aromatic rings. The Labute approximate surface area is 75.0 Å². The lowest BCUT2D eigenvalue weighted by atomic mass is 10.00. The van der Waals surface area contributed by atoms with Crippen molar-refractivity contribution in [2.24, 2.45) is 15.9 Å². The Morgan fingerprint density at radius 1 is 1.46 bits per heavy atom. The van der Waals surface area contributed by atoms with E-state index in [0.29, 0.717) is 5.84 Å². The van der Waals surface area contributed by atoms with E-state index >= 15 is 0 Å². The molecule has 2 rings (SSSR count). The van der Waals surface area contributed by atoms with Gasteiger partial charge in [0.1, 0.15) is 11.6 Å². The van der Waals surface area contributed by atoms with Crippen molar-refractivity contribution < 1.29 is 9.90 Å². The first kappa shape index (κ1) is 7.91. The molecule has 1 N–H and O–H groups in total. The molecule has 0 aromatic heterocycles. The van der Waals surface area contributed by atoms with Crippen LogP contribution in [0.2, 0.25) is 0 Å². The number of amidine groups is 1. The second-order valence-electron chi connectivity index (χ2n) is 2.97. The molecule has 1 atom stereocenters. The van der Waals surface area contributed by atoms with Gasteiger partial charge in [0.25, 0.3) is 5.91 Å². The molecule has 0 saturated carbocycles. The van der Waals surface area contributed by atoms with Gasteiger partial charge in [-0.05, 0) is 13.0 Å². The molecule has 2 heterocycles. The van der Waals surface area contributed by atoms with Gasteiger partial charge in [0.2, 0.25) is 0 Å². The number of carbonyl (C=O) groups is 1. The second-order valence-corrected chi connectivity index (χ2v) is 2.97. The van der Waals surface area contributed by atoms with Crippen LogP contribution in [-0.2, 0) is 4.79 Å². The Morgan fingerprint density at radius 3 is 3.00 bits per heavy atom. The number of carbonyl (C=O) groups excluding carboxylic acids is 1. The number of dihydropyridines is 2. The molecule has 13 heavy (non-hydrogen) atoms. The van der Waals surface area contributed by atoms with E-state index in [1.165, 1.54) is 0 Å². The number of aliphatic hydroxyl groups excluding tert-OH is 1. The van der Waals surface area contributed by atoms with E-state index in [-0.39, 0.29) is 11.7 Å². The number of nitrogens with zero attached hydrogens (tertiary/aromatic N) is 2. The quantitative estimate of drug-likeness (QED) is 0.598. The zero-order valence-electron chi connectivity index (χ0n) is 7.06. The maximum Gasteiger partial charge on any atom is 0.274 e. The topological polar surface area (TPSA) is 62.0 Å². The Hall–Kier alpha value is -1.71. The largest absolute Gasteiger partial charge is 0.511 e. The molecule has 0 aliphatic carbocycles. The van der Waals surface area contributed by atoms with Gasteiger partial charge in [0, 0.05) is 11.8 Å². The normalized spacial score (nSPS) is 26.1. The minimum Gasteiger partial charge on any atom is -0.511 e. The molecule has 1 amide bonds. The summed E-state index contributed by atoms with van der Waals surface area (Å²) >= 11 is 0. The van der Waals surface area contributed by atoms with Crippen LogP contribution in [0.15, 0.2) is 34.0 Å². The fraction of sp³-hybridized carbons (Fsp3) is 0.222. The van der Waals surface area contributed by atoms with Crippen molar-refractivity contribution in [1.29, 1.82) is 0 Å². The molecule has 0 spiro atoms. The average Bonchev–Trinajstić information content (AvgIpc) is 2.02. The molecule has 66 valence electrons. The molecule has 4 nitrogen and oxygen atoms in total. The number of aliphatic hydroxyl groups is 1. The fourth-order valence-electron chi connectivity index (χ4n) is 1.30. The Kier molecular flexibility index (Phi) is 1.62. The standard InChI is InChI=1S/C9H8N2O2/c1-5-2-3-6-7(12)4-8(13)11-9(6)10-5/h2-4,6,12H,1H3. The molecular formula is C9H8N2O2. The molecule has 0 fully saturated rings. The van der Waals surface area contributed by atoms with E-state index in [1.807, 2.05) is 6.92 Å². The van der Waals surface area contributed by atoms with Crippen LogP contribution in [0.1, 0.15) is 6.92 Å². The van der Waals surface area contributed by atoms with E-state index in [2.05, 4.69) is 9.98 Å². The molecule has 0 radical (unpaired) electrons. The summed E-state index contributed by atoms with van der Waals surface area (Å²) in [5.41, 5.74) is 0.789. The van der Waals surface area contributed by atoms with Crippen molar-refractivity contribution >= 4 is 17.5 Å². The summed E-state index contributed by atoms with van der Waals surface area (Å²) in [6, 6.07) is 0. The summed E-state index contributed by atoms with van der Waals surface area (Å²) in [6.45, 7) is 1.81. The van der Waals surface area contributed by atoms with Gasteiger partial charge in [0.15, 0.2) is 0 Å². The summed E-state index contributed by atoms with van der Waals surface area (Å²) in [4.78, 5) is 18.7. The Balaban J connectivity index is 2.44. The fourth-order valence-corrected chi connectivity index (χ4v) is 1.30. The van der Waals surface area contributed by atoms with E-state index in [4.69, 9.17) is 0 Å². The predicted molar refractivity (Wildman–Crippen MR) is 48.9 cm³/mol. The lowest BCUT2D eigenvalue weighted by Crippen LogP contribution is -2.23. The van der Waals surface area contributed by atoms with Gasteiger partial charge >= 0.3 is 0 Å². The third-order valence-electron chi connectivity index (χ3n) is 1.91. The molecule has 0 aromatic carbocycles. The van der Waals surface area contributed by atoms with Crippen LogP contribution in [0.4, 0.5) is 0 Å². The van der Waals surface area contributed by atoms with Gasteiger partial charge in [0.05, 0.1) is 5.92 Å². The summed E-state index contributed by atoms with van der Waals surface area (Å²) in [6.07, 6.45) is 4.69. The molecule has 4 heteroatoms. The number of amides is 1. The van der Waals surface area contributed by atoms with Crippen molar-refractivity contribution in [2.45, 2.75) is 6.92 Å². The SMILES string of the molecule is CC1=NC2=NC(=O)C=C(O)C2C=C1. The van der Waals surface area contributed by atoms with E-state index in [1.54, 1.807) is 12.2 Å². The predicted octanol–water partition coefficient (Wildman–Crippen LogP) is 1.01. The molecule has 0 saturated heterocycles. The minimum absolute atomic E-state index is 0.0162. The molecule has 2 aliphatic rings. The minimum atomic E-state index is -0.449. The maximum atomic E-state index is 10.9. The van der Waals surface area contributed by atoms with Crippen molar-refractivity contribution in [3.8, 4) is 0 Å². The van der Waals surface area contributed by atoms with Crippen LogP contribution in [-0.4, -0.2) is 22.6 Å². The zero-order valence-corrected chi connectivity index (χ0v) is 7.06. The third-order valence-corrected chi connectivity index (χ3v) is 1.91. The van der Waals surface area contributed by atoms with Crippen LogP contribution < -0.4 is 0 Å². The first-order valence-electron chi connectivity index (χ1n) is 3.93. The van der Waals surface area contributed by atoms with Crippen molar-refractivity contribution in [3.63, 3.8) is 0 Å². The van der Waals surface area contributed by atoms with Gasteiger partial charge in [-0.1, -0.05) is 6.08 Å². The molecule has 1 unspecified atom stereocenters. The van der Waals surface area contributed by atoms with Crippen LogP contribution in [0.25, 0.3) is 0 Å². The van der Waals surface area contributed by atoms with E-state index in [0.717, 1.165) is 11.8 Å². The summed E-state index contributed by atoms with van der Waals surface area (Å²) in [5.74, 6) is -0.385. The Morgan fingerprint density at radius 2 is 2.23 bits per heavy atom. The third kappa shape index (κ3) is 1.30. The molecular weight excluding hydrogens is 168 g/mol. The number of aliphatic imine (C=N–C) groups is 2. The number of hydrogen-bond acceptors (Lipinski definition) is 3. The van der Waals surface area contributed by atoms with E-state index < -0.39 is 5.91 Å². The van der Waals surface area contributed by atoms with Gasteiger partial charge in [-0.25, -0.2) is 4.99 Å². The van der Waals surface area contributed by atoms with Crippen LogP contribution in [0, 0.1) is 5.92 Å². The lowest BCUT2D eigenvalue weighted by Gasteiger charge is -2.17. The first-order valence-corrected chi connectivity index (χ1v) is 3.93. The zero-order chi connectivity index (χ0) is 9.42. The summed E-state index contributed by atoms with van der Waals surface area (Å²) in [5, 5.41) is 9.40. The van der Waals surface area contributed by atoms with Gasteiger partial charge in [-0.3, -0.25) is 4.79 Å².